The van der Waals surface area contributed by atoms with Crippen molar-refractivity contribution in [2.24, 2.45) is 5.92 Å². The zero-order valence-corrected chi connectivity index (χ0v) is 13.9. The highest BCUT2D eigenvalue weighted by Gasteiger charge is 2.16. The molecule has 122 valence electrons. The fraction of sp³-hybridized carbons (Fsp3) is 0.611. The number of ether oxygens (including phenoxy) is 1. The van der Waals surface area contributed by atoms with Gasteiger partial charge in [-0.1, -0.05) is 24.3 Å². The van der Waals surface area contributed by atoms with Crippen LogP contribution in [0.15, 0.2) is 24.3 Å². The number of alkyl carbamates (subject to hydrolysis) is 1. The molecule has 1 aromatic carbocycles. The highest BCUT2D eigenvalue weighted by molar-refractivity contribution is 5.67. The van der Waals surface area contributed by atoms with Crippen LogP contribution in [-0.4, -0.2) is 24.8 Å². The molecule has 1 heterocycles. The number of rotatable bonds is 4. The van der Waals surface area contributed by atoms with E-state index in [0.717, 1.165) is 31.0 Å². The maximum absolute atomic E-state index is 11.7. The second-order valence-electron chi connectivity index (χ2n) is 7.09. The highest BCUT2D eigenvalue weighted by atomic mass is 16.6. The minimum absolute atomic E-state index is 0.366. The molecule has 0 saturated carbocycles. The van der Waals surface area contributed by atoms with Gasteiger partial charge in [0.25, 0.3) is 0 Å². The van der Waals surface area contributed by atoms with Gasteiger partial charge in [0.1, 0.15) is 5.60 Å². The number of carbonyl (C=O) groups excluding carboxylic acids is 1. The van der Waals surface area contributed by atoms with Gasteiger partial charge in [-0.25, -0.2) is 4.79 Å². The summed E-state index contributed by atoms with van der Waals surface area (Å²) in [6.07, 6.45) is 3.31. The van der Waals surface area contributed by atoms with Crippen molar-refractivity contribution in [3.8, 4) is 0 Å². The summed E-state index contributed by atoms with van der Waals surface area (Å²) in [5, 5.41) is 6.27. The lowest BCUT2D eigenvalue weighted by Gasteiger charge is -2.23. The molecular weight excluding hydrogens is 276 g/mol. The number of amides is 1. The quantitative estimate of drug-likeness (QED) is 0.897. The largest absolute Gasteiger partial charge is 0.444 e. The fourth-order valence-corrected chi connectivity index (χ4v) is 2.79. The third kappa shape index (κ3) is 6.06. The Morgan fingerprint density at radius 1 is 1.36 bits per heavy atom. The Hall–Kier alpha value is -1.55. The van der Waals surface area contributed by atoms with Crippen molar-refractivity contribution < 1.29 is 9.53 Å². The van der Waals surface area contributed by atoms with Crippen molar-refractivity contribution in [3.63, 3.8) is 0 Å². The lowest BCUT2D eigenvalue weighted by molar-refractivity contribution is 0.0523. The first-order valence-electron chi connectivity index (χ1n) is 8.18. The smallest absolute Gasteiger partial charge is 0.407 e. The molecule has 2 rings (SSSR count). The SMILES string of the molecule is CC(C)(C)OC(=O)NCc1cccc(CC2CCCNC2)c1. The summed E-state index contributed by atoms with van der Waals surface area (Å²) in [5.74, 6) is 0.725. The molecular formula is C18H28N2O2. The predicted molar refractivity (Wildman–Crippen MR) is 88.8 cm³/mol. The van der Waals surface area contributed by atoms with Crippen LogP contribution in [0, 0.1) is 5.92 Å². The number of piperidine rings is 1. The van der Waals surface area contributed by atoms with E-state index in [1.54, 1.807) is 0 Å². The lowest BCUT2D eigenvalue weighted by Crippen LogP contribution is -2.32. The molecule has 2 N–H and O–H groups in total. The molecule has 1 aliphatic rings. The third-order valence-corrected chi connectivity index (χ3v) is 3.75. The van der Waals surface area contributed by atoms with Crippen LogP contribution in [0.1, 0.15) is 44.7 Å². The van der Waals surface area contributed by atoms with E-state index in [0.29, 0.717) is 6.54 Å². The van der Waals surface area contributed by atoms with Gasteiger partial charge < -0.3 is 15.4 Å². The standard InChI is InChI=1S/C18H28N2O2/c1-18(2,3)22-17(21)20-13-16-7-4-6-14(11-16)10-15-8-5-9-19-12-15/h4,6-7,11,15,19H,5,8-10,12-13H2,1-3H3,(H,20,21). The zero-order chi connectivity index (χ0) is 16.0. The van der Waals surface area contributed by atoms with Crippen molar-refractivity contribution in [1.29, 1.82) is 0 Å². The molecule has 1 saturated heterocycles. The molecule has 4 nitrogen and oxygen atoms in total. The molecule has 4 heteroatoms. The minimum atomic E-state index is -0.458. The third-order valence-electron chi connectivity index (χ3n) is 3.75. The Morgan fingerprint density at radius 2 is 2.14 bits per heavy atom. The number of hydrogen-bond acceptors (Lipinski definition) is 3. The van der Waals surface area contributed by atoms with E-state index in [-0.39, 0.29) is 6.09 Å². The molecule has 0 aliphatic carbocycles. The number of hydrogen-bond donors (Lipinski definition) is 2. The van der Waals surface area contributed by atoms with Crippen molar-refractivity contribution in [1.82, 2.24) is 10.6 Å². The second kappa shape index (κ2) is 7.63. The average Bonchev–Trinajstić information content (AvgIpc) is 2.45. The average molecular weight is 304 g/mol. The molecule has 22 heavy (non-hydrogen) atoms. The fourth-order valence-electron chi connectivity index (χ4n) is 2.79. The molecule has 1 amide bonds. The molecule has 1 aliphatic heterocycles. The molecule has 1 fully saturated rings. The Labute approximate surface area is 133 Å². The summed E-state index contributed by atoms with van der Waals surface area (Å²) in [4.78, 5) is 11.7. The van der Waals surface area contributed by atoms with E-state index in [9.17, 15) is 4.79 Å². The van der Waals surface area contributed by atoms with Gasteiger partial charge in [-0.15, -0.1) is 0 Å². The van der Waals surface area contributed by atoms with Crippen LogP contribution < -0.4 is 10.6 Å². The monoisotopic (exact) mass is 304 g/mol. The summed E-state index contributed by atoms with van der Waals surface area (Å²) >= 11 is 0. The van der Waals surface area contributed by atoms with Gasteiger partial charge >= 0.3 is 6.09 Å². The Morgan fingerprint density at radius 3 is 2.82 bits per heavy atom. The number of carbonyl (C=O) groups is 1. The van der Waals surface area contributed by atoms with E-state index in [1.807, 2.05) is 26.8 Å². The maximum Gasteiger partial charge on any atom is 0.407 e. The van der Waals surface area contributed by atoms with Crippen molar-refractivity contribution in [2.75, 3.05) is 13.1 Å². The maximum atomic E-state index is 11.7. The molecule has 0 radical (unpaired) electrons. The summed E-state index contributed by atoms with van der Waals surface area (Å²) in [6.45, 7) is 8.37. The summed E-state index contributed by atoms with van der Waals surface area (Å²) in [6, 6.07) is 8.47. The van der Waals surface area contributed by atoms with Gasteiger partial charge in [0.05, 0.1) is 0 Å². The van der Waals surface area contributed by atoms with Crippen LogP contribution >= 0.6 is 0 Å². The van der Waals surface area contributed by atoms with E-state index in [1.165, 1.54) is 18.4 Å². The first-order chi connectivity index (χ1) is 10.4. The Kier molecular flexibility index (Phi) is 5.83. The Bertz CT molecular complexity index is 488. The second-order valence-corrected chi connectivity index (χ2v) is 7.09. The summed E-state index contributed by atoms with van der Waals surface area (Å²) in [7, 11) is 0. The molecule has 0 spiro atoms. The van der Waals surface area contributed by atoms with E-state index >= 15 is 0 Å². The van der Waals surface area contributed by atoms with Crippen molar-refractivity contribution in [3.05, 3.63) is 35.4 Å². The molecule has 0 bridgehead atoms. The minimum Gasteiger partial charge on any atom is -0.444 e. The van der Waals surface area contributed by atoms with Crippen LogP contribution in [0.2, 0.25) is 0 Å². The van der Waals surface area contributed by atoms with Gasteiger partial charge in [0.15, 0.2) is 0 Å². The molecule has 1 atom stereocenters. The first kappa shape index (κ1) is 16.8. The molecule has 1 aromatic rings. The highest BCUT2D eigenvalue weighted by Crippen LogP contribution is 2.17. The van der Waals surface area contributed by atoms with Crippen LogP contribution in [0.3, 0.4) is 0 Å². The van der Waals surface area contributed by atoms with Gasteiger partial charge in [0, 0.05) is 6.54 Å². The lowest BCUT2D eigenvalue weighted by atomic mass is 9.92. The first-order valence-corrected chi connectivity index (χ1v) is 8.18. The summed E-state index contributed by atoms with van der Waals surface area (Å²) in [5.41, 5.74) is 2.00. The van der Waals surface area contributed by atoms with Crippen molar-refractivity contribution >= 4 is 6.09 Å². The van der Waals surface area contributed by atoms with Crippen molar-refractivity contribution in [2.45, 2.75) is 52.2 Å². The van der Waals surface area contributed by atoms with E-state index in [4.69, 9.17) is 4.74 Å². The van der Waals surface area contributed by atoms with E-state index < -0.39 is 5.60 Å². The molecule has 1 unspecified atom stereocenters. The summed E-state index contributed by atoms with van der Waals surface area (Å²) < 4.78 is 5.25. The Balaban J connectivity index is 1.84. The van der Waals surface area contributed by atoms with Crippen LogP contribution in [0.4, 0.5) is 4.79 Å². The number of nitrogens with one attached hydrogen (secondary N) is 2. The van der Waals surface area contributed by atoms with Gasteiger partial charge in [-0.3, -0.25) is 0 Å². The van der Waals surface area contributed by atoms with Crippen LogP contribution in [-0.2, 0) is 17.7 Å². The predicted octanol–water partition coefficient (Wildman–Crippen LogP) is 3.25. The number of benzene rings is 1. The van der Waals surface area contributed by atoms with Gasteiger partial charge in [-0.2, -0.15) is 0 Å². The van der Waals surface area contributed by atoms with E-state index in [2.05, 4.69) is 28.8 Å². The van der Waals surface area contributed by atoms with Crippen LogP contribution in [0.5, 0.6) is 0 Å². The topological polar surface area (TPSA) is 50.4 Å². The van der Waals surface area contributed by atoms with Gasteiger partial charge in [0.2, 0.25) is 0 Å². The van der Waals surface area contributed by atoms with Crippen LogP contribution in [0.25, 0.3) is 0 Å². The van der Waals surface area contributed by atoms with Gasteiger partial charge in [-0.05, 0) is 70.2 Å². The normalized spacial score (nSPS) is 18.8. The molecule has 0 aromatic heterocycles. The zero-order valence-electron chi connectivity index (χ0n) is 13.9.